The molecular formula is C23H14ClF6N3O2. The summed E-state index contributed by atoms with van der Waals surface area (Å²) in [6, 6.07) is 12.3. The van der Waals surface area contributed by atoms with Gasteiger partial charge in [-0.2, -0.15) is 13.2 Å². The summed E-state index contributed by atoms with van der Waals surface area (Å²) < 4.78 is 81.0. The first-order valence-corrected chi connectivity index (χ1v) is 10.3. The van der Waals surface area contributed by atoms with Crippen LogP contribution in [0.2, 0.25) is 5.02 Å². The summed E-state index contributed by atoms with van der Waals surface area (Å²) in [5.74, 6) is -0.842. The lowest BCUT2D eigenvalue weighted by Gasteiger charge is -2.10. The molecule has 182 valence electrons. The molecule has 4 aromatic rings. The summed E-state index contributed by atoms with van der Waals surface area (Å²) in [4.78, 5) is 16.5. The molecule has 1 amide bonds. The largest absolute Gasteiger partial charge is 0.573 e. The number of halogens is 7. The molecule has 0 bridgehead atoms. The highest BCUT2D eigenvalue weighted by atomic mass is 35.5. The van der Waals surface area contributed by atoms with Crippen molar-refractivity contribution in [1.29, 1.82) is 0 Å². The minimum Gasteiger partial charge on any atom is -0.406 e. The van der Waals surface area contributed by atoms with Crippen LogP contribution in [0.25, 0.3) is 16.7 Å². The zero-order valence-corrected chi connectivity index (χ0v) is 18.2. The third-order valence-corrected chi connectivity index (χ3v) is 5.17. The molecule has 0 atom stereocenters. The van der Waals surface area contributed by atoms with Crippen molar-refractivity contribution in [2.45, 2.75) is 19.0 Å². The van der Waals surface area contributed by atoms with E-state index in [9.17, 15) is 31.1 Å². The number of nitrogens with one attached hydrogen (secondary N) is 1. The molecule has 0 fully saturated rings. The minimum atomic E-state index is -4.83. The third-order valence-electron chi connectivity index (χ3n) is 4.89. The number of anilines is 1. The Labute approximate surface area is 198 Å². The summed E-state index contributed by atoms with van der Waals surface area (Å²) in [6.07, 6.45) is -7.34. The van der Waals surface area contributed by atoms with E-state index in [4.69, 9.17) is 11.6 Å². The van der Waals surface area contributed by atoms with Gasteiger partial charge in [-0.3, -0.25) is 9.36 Å². The van der Waals surface area contributed by atoms with E-state index >= 15 is 0 Å². The van der Waals surface area contributed by atoms with E-state index in [1.807, 2.05) is 0 Å². The molecule has 2 aromatic heterocycles. The van der Waals surface area contributed by atoms with Crippen molar-refractivity contribution < 1.29 is 35.9 Å². The fraction of sp³-hybridized carbons (Fsp3) is 0.130. The van der Waals surface area contributed by atoms with E-state index in [0.29, 0.717) is 22.7 Å². The number of para-hydroxylation sites is 1. The number of ether oxygens (including phenoxy) is 1. The van der Waals surface area contributed by atoms with Gasteiger partial charge in [-0.05, 0) is 42.0 Å². The lowest BCUT2D eigenvalue weighted by atomic mass is 10.1. The van der Waals surface area contributed by atoms with Crippen LogP contribution in [0.1, 0.15) is 11.1 Å². The lowest BCUT2D eigenvalue weighted by Crippen LogP contribution is -2.17. The number of fused-ring (bicyclic) bond motifs is 1. The highest BCUT2D eigenvalue weighted by Gasteiger charge is 2.32. The van der Waals surface area contributed by atoms with Gasteiger partial charge in [0.2, 0.25) is 5.91 Å². The van der Waals surface area contributed by atoms with Gasteiger partial charge in [0.1, 0.15) is 5.75 Å². The highest BCUT2D eigenvalue weighted by Crippen LogP contribution is 2.34. The highest BCUT2D eigenvalue weighted by molar-refractivity contribution is 6.32. The van der Waals surface area contributed by atoms with Crippen molar-refractivity contribution in [2.75, 3.05) is 5.32 Å². The second-order valence-corrected chi connectivity index (χ2v) is 7.77. The number of amides is 1. The second kappa shape index (κ2) is 9.14. The Kier molecular flexibility index (Phi) is 6.37. The number of carbonyl (C=O) groups is 1. The number of alkyl halides is 6. The number of nitrogens with zero attached hydrogens (tertiary/aromatic N) is 2. The minimum absolute atomic E-state index is 0.0581. The number of aromatic nitrogens is 2. The number of carbonyl (C=O) groups excluding carboxylic acids is 1. The van der Waals surface area contributed by atoms with Gasteiger partial charge in [0.05, 0.1) is 22.5 Å². The molecule has 5 nitrogen and oxygen atoms in total. The van der Waals surface area contributed by atoms with Crippen LogP contribution in [0.5, 0.6) is 5.75 Å². The maximum Gasteiger partial charge on any atom is 0.573 e. The van der Waals surface area contributed by atoms with E-state index in [0.717, 1.165) is 18.2 Å². The van der Waals surface area contributed by atoms with E-state index < -0.39 is 29.8 Å². The predicted octanol–water partition coefficient (Wildman–Crippen LogP) is 6.78. The second-order valence-electron chi connectivity index (χ2n) is 7.37. The smallest absolute Gasteiger partial charge is 0.406 e. The molecule has 0 saturated carbocycles. The number of benzene rings is 2. The topological polar surface area (TPSA) is 56.2 Å². The SMILES string of the molecule is O=C(Cc1cn(-c2ncc(C(F)(F)F)cc2Cl)c2ccccc12)Nc1ccc(OC(F)(F)F)cc1. The zero-order chi connectivity index (χ0) is 25.4. The quantitative estimate of drug-likeness (QED) is 0.299. The Balaban J connectivity index is 1.58. The molecule has 2 heterocycles. The molecule has 0 spiro atoms. The number of pyridine rings is 1. The van der Waals surface area contributed by atoms with Gasteiger partial charge in [0.15, 0.2) is 5.82 Å². The molecule has 0 aliphatic rings. The molecule has 2 aromatic carbocycles. The van der Waals surface area contributed by atoms with Crippen molar-refractivity contribution in [3.8, 4) is 11.6 Å². The van der Waals surface area contributed by atoms with Gasteiger partial charge >= 0.3 is 12.5 Å². The Hall–Kier alpha value is -3.73. The summed E-state index contributed by atoms with van der Waals surface area (Å²) in [6.45, 7) is 0. The van der Waals surface area contributed by atoms with E-state index in [1.165, 1.54) is 16.7 Å². The first kappa shape index (κ1) is 24.4. The number of rotatable bonds is 5. The van der Waals surface area contributed by atoms with Crippen LogP contribution in [0.15, 0.2) is 67.0 Å². The fourth-order valence-corrected chi connectivity index (χ4v) is 3.70. The molecule has 0 aliphatic carbocycles. The average molecular weight is 514 g/mol. The summed E-state index contributed by atoms with van der Waals surface area (Å²) in [7, 11) is 0. The number of hydrogen-bond donors (Lipinski definition) is 1. The Morgan fingerprint density at radius 3 is 2.34 bits per heavy atom. The molecule has 0 radical (unpaired) electrons. The van der Waals surface area contributed by atoms with Crippen LogP contribution in [-0.2, 0) is 17.4 Å². The van der Waals surface area contributed by atoms with Gasteiger partial charge in [-0.15, -0.1) is 13.2 Å². The van der Waals surface area contributed by atoms with Gasteiger partial charge in [-0.25, -0.2) is 4.98 Å². The summed E-state index contributed by atoms with van der Waals surface area (Å²) >= 11 is 6.10. The van der Waals surface area contributed by atoms with Crippen molar-refractivity contribution in [3.63, 3.8) is 0 Å². The maximum atomic E-state index is 13.0. The maximum absolute atomic E-state index is 13.0. The molecule has 4 rings (SSSR count). The van der Waals surface area contributed by atoms with Gasteiger partial charge in [0.25, 0.3) is 0 Å². The number of hydrogen-bond acceptors (Lipinski definition) is 3. The van der Waals surface area contributed by atoms with Crippen LogP contribution in [0, 0.1) is 0 Å². The average Bonchev–Trinajstić information content (AvgIpc) is 3.11. The van der Waals surface area contributed by atoms with Crippen LogP contribution >= 0.6 is 11.6 Å². The van der Waals surface area contributed by atoms with Crippen LogP contribution in [-0.4, -0.2) is 21.8 Å². The molecule has 0 saturated heterocycles. The van der Waals surface area contributed by atoms with Crippen molar-refractivity contribution in [3.05, 3.63) is 83.1 Å². The fourth-order valence-electron chi connectivity index (χ4n) is 3.45. The molecule has 35 heavy (non-hydrogen) atoms. The van der Waals surface area contributed by atoms with Crippen molar-refractivity contribution >= 4 is 34.1 Å². The van der Waals surface area contributed by atoms with Gasteiger partial charge in [-0.1, -0.05) is 29.8 Å². The van der Waals surface area contributed by atoms with Crippen LogP contribution in [0.3, 0.4) is 0 Å². The normalized spacial score (nSPS) is 12.1. The van der Waals surface area contributed by atoms with E-state index in [-0.39, 0.29) is 22.9 Å². The van der Waals surface area contributed by atoms with Crippen LogP contribution < -0.4 is 10.1 Å². The standard InChI is InChI=1S/C23H14ClF6N3O2/c24-18-10-14(22(25,26)27)11-31-21(18)33-12-13(17-3-1-2-4-19(17)33)9-20(34)32-15-5-7-16(8-6-15)35-23(28,29)30/h1-8,10-12H,9H2,(H,32,34). The predicted molar refractivity (Wildman–Crippen MR) is 117 cm³/mol. The molecular weight excluding hydrogens is 500 g/mol. The van der Waals surface area contributed by atoms with E-state index in [2.05, 4.69) is 15.0 Å². The van der Waals surface area contributed by atoms with E-state index in [1.54, 1.807) is 30.5 Å². The summed E-state index contributed by atoms with van der Waals surface area (Å²) in [5.41, 5.74) is 0.362. The monoisotopic (exact) mass is 513 g/mol. The molecule has 1 N–H and O–H groups in total. The Morgan fingerprint density at radius 1 is 1.03 bits per heavy atom. The molecule has 0 aliphatic heterocycles. The van der Waals surface area contributed by atoms with Crippen molar-refractivity contribution in [2.24, 2.45) is 0 Å². The lowest BCUT2D eigenvalue weighted by molar-refractivity contribution is -0.274. The Morgan fingerprint density at radius 2 is 1.71 bits per heavy atom. The molecule has 12 heteroatoms. The third kappa shape index (κ3) is 5.68. The Bertz CT molecular complexity index is 1380. The first-order valence-electron chi connectivity index (χ1n) is 9.88. The van der Waals surface area contributed by atoms with Crippen molar-refractivity contribution in [1.82, 2.24) is 9.55 Å². The molecule has 0 unspecified atom stereocenters. The zero-order valence-electron chi connectivity index (χ0n) is 17.4. The summed E-state index contributed by atoms with van der Waals surface area (Å²) in [5, 5.41) is 3.00. The van der Waals surface area contributed by atoms with Gasteiger partial charge in [0, 0.05) is 23.5 Å². The van der Waals surface area contributed by atoms with Gasteiger partial charge < -0.3 is 10.1 Å². The van der Waals surface area contributed by atoms with Crippen LogP contribution in [0.4, 0.5) is 32.0 Å². The first-order chi connectivity index (χ1) is 16.4.